The maximum atomic E-state index is 11.7. The van der Waals surface area contributed by atoms with Crippen molar-refractivity contribution in [1.29, 1.82) is 0 Å². The summed E-state index contributed by atoms with van der Waals surface area (Å²) in [6.45, 7) is 6.03. The highest BCUT2D eigenvalue weighted by atomic mass is 16.5. The third-order valence-corrected chi connectivity index (χ3v) is 4.08. The molecular weight excluding hydrogens is 232 g/mol. The largest absolute Gasteiger partial charge is 0.468 e. The second-order valence-electron chi connectivity index (χ2n) is 5.76. The Balaban J connectivity index is 1.98. The molecule has 4 atom stereocenters. The first-order valence-electron chi connectivity index (χ1n) is 6.71. The molecule has 0 bridgehead atoms. The van der Waals surface area contributed by atoms with Crippen LogP contribution in [0.1, 0.15) is 33.1 Å². The predicted octanol–water partition coefficient (Wildman–Crippen LogP) is 0.519. The summed E-state index contributed by atoms with van der Waals surface area (Å²) >= 11 is 0. The number of hydrogen-bond donors (Lipinski definition) is 1. The van der Waals surface area contributed by atoms with Crippen LogP contribution in [0.5, 0.6) is 0 Å². The molecular formula is C13H24N2O3. The molecule has 0 aromatic heterocycles. The molecule has 1 saturated heterocycles. The van der Waals surface area contributed by atoms with Gasteiger partial charge < -0.3 is 15.2 Å². The van der Waals surface area contributed by atoms with E-state index in [9.17, 15) is 4.79 Å². The Morgan fingerprint density at radius 3 is 2.56 bits per heavy atom. The predicted molar refractivity (Wildman–Crippen MR) is 68.2 cm³/mol. The van der Waals surface area contributed by atoms with Crippen molar-refractivity contribution < 1.29 is 14.3 Å². The van der Waals surface area contributed by atoms with E-state index in [0.717, 1.165) is 19.5 Å². The zero-order chi connectivity index (χ0) is 13.3. The minimum Gasteiger partial charge on any atom is -0.468 e. The second kappa shape index (κ2) is 5.15. The maximum absolute atomic E-state index is 11.7. The van der Waals surface area contributed by atoms with Crippen LogP contribution in [0.25, 0.3) is 0 Å². The van der Waals surface area contributed by atoms with Gasteiger partial charge in [0.25, 0.3) is 0 Å². The van der Waals surface area contributed by atoms with Gasteiger partial charge in [-0.3, -0.25) is 9.69 Å². The summed E-state index contributed by atoms with van der Waals surface area (Å²) in [6.07, 6.45) is 2.87. The smallest absolute Gasteiger partial charge is 0.325 e. The first-order valence-corrected chi connectivity index (χ1v) is 6.71. The minimum absolute atomic E-state index is 0.250. The molecule has 0 amide bonds. The highest BCUT2D eigenvalue weighted by Gasteiger charge is 2.45. The quantitative estimate of drug-likeness (QED) is 0.730. The first-order chi connectivity index (χ1) is 8.44. The zero-order valence-corrected chi connectivity index (χ0v) is 11.5. The number of hydrogen-bond acceptors (Lipinski definition) is 5. The topological polar surface area (TPSA) is 64.8 Å². The van der Waals surface area contributed by atoms with Gasteiger partial charge >= 0.3 is 5.97 Å². The van der Waals surface area contributed by atoms with Crippen molar-refractivity contribution in [3.05, 3.63) is 0 Å². The van der Waals surface area contributed by atoms with Crippen molar-refractivity contribution in [2.75, 3.05) is 20.2 Å². The summed E-state index contributed by atoms with van der Waals surface area (Å²) in [5.74, 6) is -0.278. The Morgan fingerprint density at radius 2 is 2.00 bits per heavy atom. The molecule has 2 aliphatic rings. The van der Waals surface area contributed by atoms with E-state index in [-0.39, 0.29) is 18.2 Å². The number of esters is 1. The fourth-order valence-corrected chi connectivity index (χ4v) is 3.26. The highest BCUT2D eigenvalue weighted by molar-refractivity contribution is 5.81. The molecule has 0 spiro atoms. The minimum atomic E-state index is -0.788. The fourth-order valence-electron chi connectivity index (χ4n) is 3.26. The van der Waals surface area contributed by atoms with Crippen LogP contribution < -0.4 is 5.73 Å². The molecule has 18 heavy (non-hydrogen) atoms. The SMILES string of the molecule is COC(=O)C1(N)CCC(N2C[C@@H](C)O[C@@H](C)C2)C1. The average molecular weight is 256 g/mol. The number of ether oxygens (including phenoxy) is 2. The molecule has 1 aliphatic heterocycles. The van der Waals surface area contributed by atoms with Gasteiger partial charge in [-0.25, -0.2) is 0 Å². The van der Waals surface area contributed by atoms with Crippen LogP contribution >= 0.6 is 0 Å². The molecule has 1 saturated carbocycles. The molecule has 1 heterocycles. The number of carbonyl (C=O) groups is 1. The van der Waals surface area contributed by atoms with Crippen molar-refractivity contribution in [2.45, 2.75) is 56.9 Å². The maximum Gasteiger partial charge on any atom is 0.325 e. The van der Waals surface area contributed by atoms with Crippen LogP contribution in [-0.4, -0.2) is 54.9 Å². The van der Waals surface area contributed by atoms with E-state index in [1.807, 2.05) is 0 Å². The Labute approximate surface area is 109 Å². The number of morpholine rings is 1. The van der Waals surface area contributed by atoms with Crippen molar-refractivity contribution >= 4 is 5.97 Å². The molecule has 5 nitrogen and oxygen atoms in total. The number of rotatable bonds is 2. The summed E-state index contributed by atoms with van der Waals surface area (Å²) in [5, 5.41) is 0. The van der Waals surface area contributed by atoms with E-state index in [0.29, 0.717) is 18.9 Å². The Morgan fingerprint density at radius 1 is 1.39 bits per heavy atom. The lowest BCUT2D eigenvalue weighted by atomic mass is 9.99. The van der Waals surface area contributed by atoms with E-state index in [1.54, 1.807) is 0 Å². The molecule has 2 fully saturated rings. The van der Waals surface area contributed by atoms with Crippen molar-refractivity contribution in [3.8, 4) is 0 Å². The van der Waals surface area contributed by atoms with Gasteiger partial charge in [-0.15, -0.1) is 0 Å². The molecule has 2 N–H and O–H groups in total. The van der Waals surface area contributed by atoms with Crippen LogP contribution in [0.4, 0.5) is 0 Å². The standard InChI is InChI=1S/C13H24N2O3/c1-9-7-15(8-10(2)18-9)11-4-5-13(14,6-11)12(16)17-3/h9-11H,4-8,14H2,1-3H3/t9-,10+,11?,13?. The average Bonchev–Trinajstić information content (AvgIpc) is 2.71. The van der Waals surface area contributed by atoms with E-state index in [1.165, 1.54) is 7.11 Å². The fraction of sp³-hybridized carbons (Fsp3) is 0.923. The number of carbonyl (C=O) groups excluding carboxylic acids is 1. The van der Waals surface area contributed by atoms with E-state index in [4.69, 9.17) is 15.2 Å². The molecule has 104 valence electrons. The Kier molecular flexibility index (Phi) is 3.94. The van der Waals surface area contributed by atoms with Gasteiger partial charge in [-0.05, 0) is 33.1 Å². The monoisotopic (exact) mass is 256 g/mol. The van der Waals surface area contributed by atoms with Gasteiger partial charge in [0.1, 0.15) is 5.54 Å². The third-order valence-electron chi connectivity index (χ3n) is 4.08. The van der Waals surface area contributed by atoms with Gasteiger partial charge in [-0.2, -0.15) is 0 Å². The zero-order valence-electron chi connectivity index (χ0n) is 11.5. The summed E-state index contributed by atoms with van der Waals surface area (Å²) < 4.78 is 10.5. The van der Waals surface area contributed by atoms with Crippen molar-refractivity contribution in [2.24, 2.45) is 5.73 Å². The lowest BCUT2D eigenvalue weighted by Gasteiger charge is -2.39. The molecule has 0 radical (unpaired) electrons. The Hall–Kier alpha value is -0.650. The van der Waals surface area contributed by atoms with E-state index < -0.39 is 5.54 Å². The lowest BCUT2D eigenvalue weighted by molar-refractivity contribution is -0.147. The molecule has 2 rings (SSSR count). The third kappa shape index (κ3) is 2.68. The van der Waals surface area contributed by atoms with Crippen LogP contribution in [0, 0.1) is 0 Å². The summed E-state index contributed by atoms with van der Waals surface area (Å²) in [4.78, 5) is 14.1. The van der Waals surface area contributed by atoms with Gasteiger partial charge in [0.05, 0.1) is 19.3 Å². The van der Waals surface area contributed by atoms with Crippen LogP contribution in [-0.2, 0) is 14.3 Å². The molecule has 2 unspecified atom stereocenters. The van der Waals surface area contributed by atoms with Crippen molar-refractivity contribution in [3.63, 3.8) is 0 Å². The summed E-state index contributed by atoms with van der Waals surface area (Å²) in [7, 11) is 1.41. The van der Waals surface area contributed by atoms with E-state index >= 15 is 0 Å². The van der Waals surface area contributed by atoms with Crippen LogP contribution in [0.2, 0.25) is 0 Å². The number of nitrogens with two attached hydrogens (primary N) is 1. The van der Waals surface area contributed by atoms with Gasteiger partial charge in [0.15, 0.2) is 0 Å². The van der Waals surface area contributed by atoms with Crippen LogP contribution in [0.3, 0.4) is 0 Å². The number of methoxy groups -OCH3 is 1. The molecule has 0 aromatic rings. The van der Waals surface area contributed by atoms with Gasteiger partial charge in [0, 0.05) is 19.1 Å². The first kappa shape index (κ1) is 13.8. The highest BCUT2D eigenvalue weighted by Crippen LogP contribution is 2.33. The lowest BCUT2D eigenvalue weighted by Crippen LogP contribution is -2.52. The Bertz CT molecular complexity index is 313. The summed E-state index contributed by atoms with van der Waals surface area (Å²) in [6, 6.07) is 0.378. The molecule has 0 aromatic carbocycles. The molecule has 5 heteroatoms. The number of nitrogens with zero attached hydrogens (tertiary/aromatic N) is 1. The summed E-state index contributed by atoms with van der Waals surface area (Å²) in [5.41, 5.74) is 5.36. The van der Waals surface area contributed by atoms with Gasteiger partial charge in [0.2, 0.25) is 0 Å². The van der Waals surface area contributed by atoms with Crippen molar-refractivity contribution in [1.82, 2.24) is 4.90 Å². The van der Waals surface area contributed by atoms with Gasteiger partial charge in [-0.1, -0.05) is 0 Å². The van der Waals surface area contributed by atoms with Crippen LogP contribution in [0.15, 0.2) is 0 Å². The second-order valence-corrected chi connectivity index (χ2v) is 5.76. The molecule has 1 aliphatic carbocycles. The normalized spacial score (nSPS) is 41.9. The van der Waals surface area contributed by atoms with E-state index in [2.05, 4.69) is 18.7 Å².